The van der Waals surface area contributed by atoms with Crippen LogP contribution in [0.3, 0.4) is 0 Å². The predicted octanol–water partition coefficient (Wildman–Crippen LogP) is 1.43. The van der Waals surface area contributed by atoms with Crippen LogP contribution < -0.4 is 5.32 Å². The van der Waals surface area contributed by atoms with Gasteiger partial charge < -0.3 is 24.3 Å². The Bertz CT molecular complexity index is 585. The number of nitrogens with zero attached hydrogens (tertiary/aromatic N) is 3. The minimum absolute atomic E-state index is 0.0396. The largest absolute Gasteiger partial charge is 0.459 e. The van der Waals surface area contributed by atoms with E-state index in [1.807, 2.05) is 4.90 Å². The van der Waals surface area contributed by atoms with E-state index < -0.39 is 0 Å². The molecule has 2 aliphatic heterocycles. The van der Waals surface area contributed by atoms with Crippen LogP contribution in [0.1, 0.15) is 30.8 Å². The summed E-state index contributed by atoms with van der Waals surface area (Å²) < 4.78 is 10.7. The maximum Gasteiger partial charge on any atom is 0.289 e. The average Bonchev–Trinajstić information content (AvgIpc) is 3.30. The fourth-order valence-electron chi connectivity index (χ4n) is 3.20. The Morgan fingerprint density at radius 1 is 1.32 bits per heavy atom. The van der Waals surface area contributed by atoms with Crippen LogP contribution in [0.25, 0.3) is 0 Å². The summed E-state index contributed by atoms with van der Waals surface area (Å²) in [6.07, 6.45) is 2.59. The third-order valence-electron chi connectivity index (χ3n) is 4.84. The molecule has 0 aromatic carbocycles. The number of ether oxygens (including phenoxy) is 1. The van der Waals surface area contributed by atoms with Crippen molar-refractivity contribution >= 4 is 11.9 Å². The molecule has 3 heterocycles. The van der Waals surface area contributed by atoms with Gasteiger partial charge >= 0.3 is 0 Å². The molecule has 3 rings (SSSR count). The summed E-state index contributed by atoms with van der Waals surface area (Å²) in [6.45, 7) is 10.4. The van der Waals surface area contributed by atoms with E-state index in [9.17, 15) is 4.79 Å². The number of hydrogen-bond donors (Lipinski definition) is 1. The Kier molecular flexibility index (Phi) is 5.63. The summed E-state index contributed by atoms with van der Waals surface area (Å²) in [7, 11) is 0. The molecule has 2 saturated heterocycles. The van der Waals surface area contributed by atoms with Gasteiger partial charge in [-0.15, -0.1) is 0 Å². The summed E-state index contributed by atoms with van der Waals surface area (Å²) in [5.41, 5.74) is 0.137. The van der Waals surface area contributed by atoms with Crippen molar-refractivity contribution in [1.82, 2.24) is 15.1 Å². The van der Waals surface area contributed by atoms with Crippen LogP contribution in [0.2, 0.25) is 0 Å². The van der Waals surface area contributed by atoms with Crippen molar-refractivity contribution in [3.05, 3.63) is 24.2 Å². The van der Waals surface area contributed by atoms with Gasteiger partial charge in [-0.1, -0.05) is 6.92 Å². The lowest BCUT2D eigenvalue weighted by molar-refractivity contribution is 0.0657. The molecule has 2 aliphatic rings. The van der Waals surface area contributed by atoms with Crippen molar-refractivity contribution in [2.75, 3.05) is 52.5 Å². The van der Waals surface area contributed by atoms with Crippen LogP contribution >= 0.6 is 0 Å². The normalized spacial score (nSPS) is 24.6. The third kappa shape index (κ3) is 4.34. The number of carbonyl (C=O) groups excluding carboxylic acids is 1. The minimum Gasteiger partial charge on any atom is -0.459 e. The van der Waals surface area contributed by atoms with Gasteiger partial charge in [0.25, 0.3) is 5.91 Å². The summed E-state index contributed by atoms with van der Waals surface area (Å²) in [6, 6.07) is 3.46. The van der Waals surface area contributed by atoms with E-state index in [1.54, 1.807) is 12.1 Å². The van der Waals surface area contributed by atoms with Gasteiger partial charge in [-0.25, -0.2) is 0 Å². The second-order valence-corrected chi connectivity index (χ2v) is 7.04. The van der Waals surface area contributed by atoms with Gasteiger partial charge in [0.15, 0.2) is 11.7 Å². The first-order valence-corrected chi connectivity index (χ1v) is 9.05. The minimum atomic E-state index is -0.0396. The summed E-state index contributed by atoms with van der Waals surface area (Å²) in [5.74, 6) is 1.30. The molecule has 7 heteroatoms. The lowest BCUT2D eigenvalue weighted by atomic mass is 9.90. The van der Waals surface area contributed by atoms with Crippen LogP contribution in [0.4, 0.5) is 0 Å². The number of furan rings is 1. The maximum absolute atomic E-state index is 12.4. The van der Waals surface area contributed by atoms with E-state index in [1.165, 1.54) is 6.26 Å². The summed E-state index contributed by atoms with van der Waals surface area (Å²) in [5, 5.41) is 3.38. The van der Waals surface area contributed by atoms with Gasteiger partial charge in [0.2, 0.25) is 0 Å². The lowest BCUT2D eigenvalue weighted by Gasteiger charge is -2.36. The molecule has 0 bridgehead atoms. The van der Waals surface area contributed by atoms with E-state index in [4.69, 9.17) is 14.1 Å². The van der Waals surface area contributed by atoms with Crippen molar-refractivity contribution in [2.45, 2.75) is 20.3 Å². The highest BCUT2D eigenvalue weighted by atomic mass is 16.5. The van der Waals surface area contributed by atoms with Gasteiger partial charge in [0.05, 0.1) is 19.4 Å². The van der Waals surface area contributed by atoms with E-state index >= 15 is 0 Å². The molecule has 1 N–H and O–H groups in total. The van der Waals surface area contributed by atoms with Crippen LogP contribution in [0.15, 0.2) is 27.8 Å². The van der Waals surface area contributed by atoms with Crippen molar-refractivity contribution < 1.29 is 13.9 Å². The van der Waals surface area contributed by atoms with E-state index in [0.29, 0.717) is 18.8 Å². The quantitative estimate of drug-likeness (QED) is 0.658. The fourth-order valence-corrected chi connectivity index (χ4v) is 3.20. The molecule has 0 spiro atoms. The molecule has 0 saturated carbocycles. The Hall–Kier alpha value is -2.02. The SMILES string of the molecule is CCNC(=NCC1(C)CCOC1)N1CCN(C(=O)c2ccco2)CC1. The van der Waals surface area contributed by atoms with Gasteiger partial charge in [-0.3, -0.25) is 9.79 Å². The number of hydrogen-bond acceptors (Lipinski definition) is 4. The predicted molar refractivity (Wildman–Crippen MR) is 95.7 cm³/mol. The molecular weight excluding hydrogens is 320 g/mol. The first-order valence-electron chi connectivity index (χ1n) is 9.05. The van der Waals surface area contributed by atoms with E-state index in [-0.39, 0.29) is 11.3 Å². The highest BCUT2D eigenvalue weighted by Gasteiger charge is 2.30. The van der Waals surface area contributed by atoms with Crippen LogP contribution in [-0.4, -0.2) is 74.1 Å². The molecule has 1 atom stereocenters. The van der Waals surface area contributed by atoms with Crippen molar-refractivity contribution in [3.63, 3.8) is 0 Å². The van der Waals surface area contributed by atoms with Crippen LogP contribution in [0.5, 0.6) is 0 Å². The van der Waals surface area contributed by atoms with Gasteiger partial charge in [0.1, 0.15) is 0 Å². The molecule has 7 nitrogen and oxygen atoms in total. The number of amides is 1. The number of aliphatic imine (C=N–C) groups is 1. The molecule has 0 radical (unpaired) electrons. The van der Waals surface area contributed by atoms with Crippen molar-refractivity contribution in [2.24, 2.45) is 10.4 Å². The molecule has 1 aromatic rings. The average molecular weight is 348 g/mol. The highest BCUT2D eigenvalue weighted by molar-refractivity contribution is 5.91. The number of nitrogens with one attached hydrogen (secondary N) is 1. The molecule has 138 valence electrons. The number of guanidine groups is 1. The second-order valence-electron chi connectivity index (χ2n) is 7.04. The number of rotatable bonds is 4. The Morgan fingerprint density at radius 2 is 2.08 bits per heavy atom. The molecule has 2 fully saturated rings. The summed E-state index contributed by atoms with van der Waals surface area (Å²) >= 11 is 0. The monoisotopic (exact) mass is 348 g/mol. The first kappa shape index (κ1) is 17.8. The molecule has 1 aromatic heterocycles. The van der Waals surface area contributed by atoms with Gasteiger partial charge in [-0.2, -0.15) is 0 Å². The molecule has 25 heavy (non-hydrogen) atoms. The summed E-state index contributed by atoms with van der Waals surface area (Å²) in [4.78, 5) is 21.3. The highest BCUT2D eigenvalue weighted by Crippen LogP contribution is 2.28. The molecular formula is C18H28N4O3. The Balaban J connectivity index is 1.57. The van der Waals surface area contributed by atoms with Crippen LogP contribution in [0, 0.1) is 5.41 Å². The zero-order chi connectivity index (χ0) is 17.7. The smallest absolute Gasteiger partial charge is 0.289 e. The number of piperazine rings is 1. The van der Waals surface area contributed by atoms with Crippen molar-refractivity contribution in [1.29, 1.82) is 0 Å². The number of carbonyl (C=O) groups is 1. The third-order valence-corrected chi connectivity index (χ3v) is 4.84. The van der Waals surface area contributed by atoms with Crippen molar-refractivity contribution in [3.8, 4) is 0 Å². The molecule has 1 unspecified atom stereocenters. The molecule has 1 amide bonds. The fraction of sp³-hybridized carbons (Fsp3) is 0.667. The topological polar surface area (TPSA) is 70.3 Å². The van der Waals surface area contributed by atoms with Crippen LogP contribution in [-0.2, 0) is 4.74 Å². The lowest BCUT2D eigenvalue weighted by Crippen LogP contribution is -2.54. The molecule has 0 aliphatic carbocycles. The first-order chi connectivity index (χ1) is 12.1. The van der Waals surface area contributed by atoms with E-state index in [2.05, 4.69) is 24.1 Å². The standard InChI is InChI=1S/C18H28N4O3/c1-3-19-17(20-13-18(2)6-12-24-14-18)22-9-7-21(8-10-22)16(23)15-5-4-11-25-15/h4-5,11H,3,6-10,12-14H2,1-2H3,(H,19,20). The van der Waals surface area contributed by atoms with E-state index in [0.717, 1.165) is 51.8 Å². The second kappa shape index (κ2) is 7.91. The zero-order valence-corrected chi connectivity index (χ0v) is 15.2. The Morgan fingerprint density at radius 3 is 2.68 bits per heavy atom. The zero-order valence-electron chi connectivity index (χ0n) is 15.2. The van der Waals surface area contributed by atoms with Gasteiger partial charge in [0, 0.05) is 44.7 Å². The maximum atomic E-state index is 12.4. The van der Waals surface area contributed by atoms with Gasteiger partial charge in [-0.05, 0) is 25.5 Å². The Labute approximate surface area is 149 Å².